The first-order valence-corrected chi connectivity index (χ1v) is 13.7. The van der Waals surface area contributed by atoms with E-state index in [-0.39, 0.29) is 33.6 Å². The number of aromatic hydroxyl groups is 2. The van der Waals surface area contributed by atoms with Crippen LogP contribution in [0.25, 0.3) is 11.0 Å². The van der Waals surface area contributed by atoms with E-state index in [1.807, 2.05) is 19.9 Å². The lowest BCUT2D eigenvalue weighted by Crippen LogP contribution is -2.65. The van der Waals surface area contributed by atoms with Gasteiger partial charge in [-0.05, 0) is 76.9 Å². The van der Waals surface area contributed by atoms with Crippen LogP contribution in [0.1, 0.15) is 49.2 Å². The van der Waals surface area contributed by atoms with Crippen molar-refractivity contribution in [3.63, 3.8) is 0 Å². The molecule has 0 saturated carbocycles. The summed E-state index contributed by atoms with van der Waals surface area (Å²) < 4.78 is 27.9. The zero-order chi connectivity index (χ0) is 32.5. The quantitative estimate of drug-likeness (QED) is 0.184. The Bertz CT molecular complexity index is 1670. The summed E-state index contributed by atoms with van der Waals surface area (Å²) in [6.45, 7) is 8.69. The number of aliphatic hydroxyl groups is 1. The van der Waals surface area contributed by atoms with Crippen molar-refractivity contribution < 1.29 is 48.3 Å². The number of allylic oxidation sites excluding steroid dienone is 2. The van der Waals surface area contributed by atoms with E-state index >= 15 is 0 Å². The molecule has 236 valence electrons. The number of fused-ring (bicyclic) bond motifs is 1. The number of ether oxygens (including phenoxy) is 4. The van der Waals surface area contributed by atoms with Crippen LogP contribution >= 0.6 is 0 Å². The van der Waals surface area contributed by atoms with Crippen molar-refractivity contribution in [2.75, 3.05) is 12.4 Å². The molecular weight excluding hydrogens is 576 g/mol. The number of primary amides is 1. The summed E-state index contributed by atoms with van der Waals surface area (Å²) in [7, 11) is 1.37. The lowest BCUT2D eigenvalue weighted by molar-refractivity contribution is -0.304. The van der Waals surface area contributed by atoms with Crippen LogP contribution in [0.3, 0.4) is 0 Å². The predicted molar refractivity (Wildman–Crippen MR) is 159 cm³/mol. The van der Waals surface area contributed by atoms with Gasteiger partial charge in [-0.25, -0.2) is 9.59 Å². The molecule has 2 amide bonds. The Morgan fingerprint density at radius 2 is 1.86 bits per heavy atom. The molecule has 2 heterocycles. The molecule has 0 radical (unpaired) electrons. The van der Waals surface area contributed by atoms with Gasteiger partial charge in [0.15, 0.2) is 23.6 Å². The number of carbonyl (C=O) groups is 2. The molecule has 1 fully saturated rings. The van der Waals surface area contributed by atoms with E-state index in [2.05, 4.69) is 5.32 Å². The predicted octanol–water partition coefficient (Wildman–Crippen LogP) is 3.63. The molecule has 0 spiro atoms. The maximum Gasteiger partial charge on any atom is 0.404 e. The number of aliphatic hydroxyl groups excluding tert-OH is 1. The summed E-state index contributed by atoms with van der Waals surface area (Å²) in [5.41, 5.74) is 4.54. The molecule has 1 unspecified atom stereocenters. The standard InChI is InChI=1S/C31H36N2O11/c1-14(2)7-8-16-13-17(9-11-19(16)34)27(37)33-21-22(35)18-10-12-20(15(3)24(18)42-28(21)38)41-29-23(36)25(43-30(32)39)26(40-6)31(4,5)44-29/h7,9-13,23,25-26,29,34-36H,8H2,1-6H3,(H2,32,39)(H,33,37)/t23?,25-,26+,29+/m0/s1. The Kier molecular flexibility index (Phi) is 9.23. The molecular formula is C31H36N2O11. The van der Waals surface area contributed by atoms with E-state index in [1.165, 1.54) is 37.4 Å². The Morgan fingerprint density at radius 1 is 1.16 bits per heavy atom. The van der Waals surface area contributed by atoms with Gasteiger partial charge in [0, 0.05) is 18.2 Å². The van der Waals surface area contributed by atoms with Gasteiger partial charge in [-0.3, -0.25) is 4.79 Å². The van der Waals surface area contributed by atoms with Gasteiger partial charge in [0.25, 0.3) is 5.91 Å². The number of anilines is 1. The van der Waals surface area contributed by atoms with Gasteiger partial charge in [0.1, 0.15) is 23.2 Å². The van der Waals surface area contributed by atoms with Crippen LogP contribution in [-0.2, 0) is 20.6 Å². The summed E-state index contributed by atoms with van der Waals surface area (Å²) in [6.07, 6.45) is -3.81. The topological polar surface area (TPSA) is 200 Å². The second kappa shape index (κ2) is 12.6. The molecule has 4 rings (SSSR count). The minimum atomic E-state index is -1.52. The Hall–Kier alpha value is -4.59. The fourth-order valence-electron chi connectivity index (χ4n) is 5.06. The Balaban J connectivity index is 1.63. The lowest BCUT2D eigenvalue weighted by atomic mass is 9.89. The second-order valence-corrected chi connectivity index (χ2v) is 11.2. The first kappa shape index (κ1) is 32.3. The van der Waals surface area contributed by atoms with Gasteiger partial charge in [-0.1, -0.05) is 11.6 Å². The fraction of sp³-hybridized carbons (Fsp3) is 0.387. The molecule has 2 aromatic carbocycles. The highest BCUT2D eigenvalue weighted by molar-refractivity contribution is 6.06. The number of rotatable bonds is 8. The third kappa shape index (κ3) is 6.49. The molecule has 4 atom stereocenters. The third-order valence-electron chi connectivity index (χ3n) is 7.33. The number of phenolic OH excluding ortho intramolecular Hbond substituents is 1. The molecule has 1 saturated heterocycles. The number of nitrogens with one attached hydrogen (secondary N) is 1. The highest BCUT2D eigenvalue weighted by Crippen LogP contribution is 2.38. The average Bonchev–Trinajstić information content (AvgIpc) is 2.94. The SMILES string of the molecule is CO[C@@H]1[C@@H](OC(N)=O)C(O)[C@H](Oc2ccc3c(O)c(NC(=O)c4ccc(O)c(CC=C(C)C)c4)c(=O)oc3c2C)OC1(C)C. The van der Waals surface area contributed by atoms with E-state index in [0.29, 0.717) is 12.0 Å². The molecule has 13 heteroatoms. The van der Waals surface area contributed by atoms with Gasteiger partial charge < -0.3 is 49.7 Å². The van der Waals surface area contributed by atoms with Crippen molar-refractivity contribution in [1.82, 2.24) is 0 Å². The monoisotopic (exact) mass is 612 g/mol. The molecule has 13 nitrogen and oxygen atoms in total. The first-order valence-electron chi connectivity index (χ1n) is 13.7. The first-order chi connectivity index (χ1) is 20.6. The van der Waals surface area contributed by atoms with Crippen LogP contribution in [0.2, 0.25) is 0 Å². The zero-order valence-corrected chi connectivity index (χ0v) is 25.2. The average molecular weight is 613 g/mol. The van der Waals surface area contributed by atoms with Crippen LogP contribution in [-0.4, -0.2) is 64.6 Å². The van der Waals surface area contributed by atoms with Crippen molar-refractivity contribution in [3.05, 3.63) is 69.1 Å². The minimum Gasteiger partial charge on any atom is -0.508 e. The molecule has 6 N–H and O–H groups in total. The van der Waals surface area contributed by atoms with E-state index in [0.717, 1.165) is 5.57 Å². The van der Waals surface area contributed by atoms with Crippen LogP contribution in [0.4, 0.5) is 10.5 Å². The highest BCUT2D eigenvalue weighted by Gasteiger charge is 2.53. The van der Waals surface area contributed by atoms with Gasteiger partial charge in [0.05, 0.1) is 11.0 Å². The number of carbonyl (C=O) groups excluding carboxylic acids is 2. The third-order valence-corrected chi connectivity index (χ3v) is 7.33. The maximum absolute atomic E-state index is 13.0. The number of amides is 2. The van der Waals surface area contributed by atoms with Crippen molar-refractivity contribution >= 4 is 28.7 Å². The van der Waals surface area contributed by atoms with E-state index in [4.69, 9.17) is 29.1 Å². The highest BCUT2D eigenvalue weighted by atomic mass is 16.7. The van der Waals surface area contributed by atoms with Crippen molar-refractivity contribution in [1.29, 1.82) is 0 Å². The largest absolute Gasteiger partial charge is 0.508 e. The smallest absolute Gasteiger partial charge is 0.404 e. The molecule has 0 aliphatic carbocycles. The Morgan fingerprint density at radius 3 is 2.50 bits per heavy atom. The molecule has 1 aliphatic rings. The molecule has 44 heavy (non-hydrogen) atoms. The van der Waals surface area contributed by atoms with Crippen LogP contribution in [0.5, 0.6) is 17.2 Å². The number of hydrogen-bond donors (Lipinski definition) is 5. The number of hydrogen-bond acceptors (Lipinski definition) is 11. The van der Waals surface area contributed by atoms with Crippen molar-refractivity contribution in [2.24, 2.45) is 5.73 Å². The summed E-state index contributed by atoms with van der Waals surface area (Å²) >= 11 is 0. The summed E-state index contributed by atoms with van der Waals surface area (Å²) in [5, 5.41) is 34.6. The van der Waals surface area contributed by atoms with E-state index in [1.54, 1.807) is 20.8 Å². The second-order valence-electron chi connectivity index (χ2n) is 11.2. The number of nitrogens with two attached hydrogens (primary N) is 1. The van der Waals surface area contributed by atoms with E-state index in [9.17, 15) is 29.7 Å². The molecule has 3 aromatic rings. The molecule has 1 aliphatic heterocycles. The van der Waals surface area contributed by atoms with E-state index < -0.39 is 59.3 Å². The number of benzene rings is 2. The van der Waals surface area contributed by atoms with Gasteiger partial charge in [-0.15, -0.1) is 0 Å². The van der Waals surface area contributed by atoms with Gasteiger partial charge in [-0.2, -0.15) is 0 Å². The summed E-state index contributed by atoms with van der Waals surface area (Å²) in [6, 6.07) is 7.12. The number of phenols is 1. The Labute approximate surface area is 252 Å². The zero-order valence-electron chi connectivity index (χ0n) is 25.2. The van der Waals surface area contributed by atoms with Gasteiger partial charge in [0.2, 0.25) is 6.29 Å². The lowest BCUT2D eigenvalue weighted by Gasteiger charge is -2.47. The fourth-order valence-corrected chi connectivity index (χ4v) is 5.06. The minimum absolute atomic E-state index is 0.0183. The van der Waals surface area contributed by atoms with Crippen molar-refractivity contribution in [3.8, 4) is 17.2 Å². The van der Waals surface area contributed by atoms with Crippen LogP contribution < -0.4 is 21.4 Å². The summed E-state index contributed by atoms with van der Waals surface area (Å²) in [5.74, 6) is -1.09. The van der Waals surface area contributed by atoms with Gasteiger partial charge >= 0.3 is 11.7 Å². The maximum atomic E-state index is 13.0. The van der Waals surface area contributed by atoms with Crippen LogP contribution in [0.15, 0.2) is 51.2 Å². The van der Waals surface area contributed by atoms with Crippen molar-refractivity contribution in [2.45, 2.75) is 71.2 Å². The number of methoxy groups -OCH3 is 1. The number of aryl methyl sites for hydroxylation is 1. The molecule has 0 bridgehead atoms. The molecule has 1 aromatic heterocycles. The normalized spacial score (nSPS) is 21.0. The summed E-state index contributed by atoms with van der Waals surface area (Å²) in [4.78, 5) is 37.5. The van der Waals surface area contributed by atoms with Crippen LogP contribution in [0, 0.1) is 6.92 Å².